The van der Waals surface area contributed by atoms with Gasteiger partial charge in [0.25, 0.3) is 0 Å². The molecule has 4 fully saturated rings. The molecule has 1 aromatic heterocycles. The molecule has 4 saturated carbocycles. The average molecular weight is 252 g/mol. The largest absolute Gasteiger partial charge is 0.325 e. The van der Waals surface area contributed by atoms with E-state index in [-0.39, 0.29) is 11.0 Å². The lowest BCUT2D eigenvalue weighted by atomic mass is 9.47. The number of hydrogen-bond donors (Lipinski definition) is 1. The van der Waals surface area contributed by atoms with Gasteiger partial charge in [-0.05, 0) is 68.4 Å². The standard InChI is InChI=1S/C17H20N2/c18-17-10-13-7-14(11-17)9-16(8-13,12-17)5-4-15-3-1-2-6-19-15/h1-3,6,13-14H,7-12,18H2. The van der Waals surface area contributed by atoms with E-state index in [1.807, 2.05) is 24.4 Å². The quantitative estimate of drug-likeness (QED) is 0.721. The first kappa shape index (κ1) is 11.5. The van der Waals surface area contributed by atoms with E-state index < -0.39 is 0 Å². The van der Waals surface area contributed by atoms with Crippen LogP contribution in [-0.4, -0.2) is 10.5 Å². The van der Waals surface area contributed by atoms with Gasteiger partial charge < -0.3 is 5.73 Å². The van der Waals surface area contributed by atoms with E-state index >= 15 is 0 Å². The molecule has 4 aliphatic carbocycles. The maximum absolute atomic E-state index is 6.59. The third kappa shape index (κ3) is 1.97. The van der Waals surface area contributed by atoms with Gasteiger partial charge in [-0.25, -0.2) is 4.98 Å². The molecule has 2 nitrogen and oxygen atoms in total. The van der Waals surface area contributed by atoms with Crippen molar-refractivity contribution in [3.8, 4) is 11.8 Å². The summed E-state index contributed by atoms with van der Waals surface area (Å²) in [6.07, 6.45) is 9.31. The summed E-state index contributed by atoms with van der Waals surface area (Å²) >= 11 is 0. The lowest BCUT2D eigenvalue weighted by Gasteiger charge is -2.59. The first-order valence-corrected chi connectivity index (χ1v) is 7.38. The summed E-state index contributed by atoms with van der Waals surface area (Å²) in [5.41, 5.74) is 7.76. The topological polar surface area (TPSA) is 38.9 Å². The molecule has 4 bridgehead atoms. The maximum atomic E-state index is 6.59. The lowest BCUT2D eigenvalue weighted by Crippen LogP contribution is -2.59. The summed E-state index contributed by atoms with van der Waals surface area (Å²) in [6.45, 7) is 0. The number of nitrogens with two attached hydrogens (primary N) is 1. The second-order valence-electron chi connectivity index (χ2n) is 7.07. The highest BCUT2D eigenvalue weighted by atomic mass is 14.8. The van der Waals surface area contributed by atoms with E-state index in [0.717, 1.165) is 24.0 Å². The van der Waals surface area contributed by atoms with Gasteiger partial charge in [-0.3, -0.25) is 0 Å². The van der Waals surface area contributed by atoms with Crippen LogP contribution in [0.3, 0.4) is 0 Å². The molecule has 1 aromatic rings. The molecule has 2 heteroatoms. The molecule has 98 valence electrons. The van der Waals surface area contributed by atoms with Crippen molar-refractivity contribution in [2.24, 2.45) is 23.0 Å². The van der Waals surface area contributed by atoms with Crippen molar-refractivity contribution in [2.45, 2.75) is 44.1 Å². The van der Waals surface area contributed by atoms with E-state index in [4.69, 9.17) is 5.73 Å². The van der Waals surface area contributed by atoms with E-state index in [1.54, 1.807) is 0 Å². The van der Waals surface area contributed by atoms with E-state index in [1.165, 1.54) is 32.1 Å². The highest BCUT2D eigenvalue weighted by Crippen LogP contribution is 2.60. The lowest BCUT2D eigenvalue weighted by molar-refractivity contribution is -0.0349. The molecule has 0 spiro atoms. The summed E-state index contributed by atoms with van der Waals surface area (Å²) < 4.78 is 0. The molecule has 1 heterocycles. The molecule has 0 amide bonds. The molecule has 2 N–H and O–H groups in total. The molecule has 5 rings (SSSR count). The van der Waals surface area contributed by atoms with Gasteiger partial charge in [0.1, 0.15) is 5.69 Å². The monoisotopic (exact) mass is 252 g/mol. The van der Waals surface area contributed by atoms with Crippen LogP contribution in [0.1, 0.15) is 44.2 Å². The van der Waals surface area contributed by atoms with Crippen LogP contribution in [0.5, 0.6) is 0 Å². The predicted molar refractivity (Wildman–Crippen MR) is 75.1 cm³/mol. The minimum absolute atomic E-state index is 0.0862. The number of nitrogens with zero attached hydrogens (tertiary/aromatic N) is 1. The number of aromatic nitrogens is 1. The minimum Gasteiger partial charge on any atom is -0.325 e. The molecule has 2 unspecified atom stereocenters. The molecular formula is C17H20N2. The second kappa shape index (κ2) is 3.84. The van der Waals surface area contributed by atoms with Gasteiger partial charge in [-0.1, -0.05) is 12.0 Å². The maximum Gasteiger partial charge on any atom is 0.113 e. The van der Waals surface area contributed by atoms with Gasteiger partial charge in [0.2, 0.25) is 0 Å². The number of hydrogen-bond acceptors (Lipinski definition) is 2. The molecule has 0 saturated heterocycles. The first-order chi connectivity index (χ1) is 9.15. The van der Waals surface area contributed by atoms with Crippen LogP contribution >= 0.6 is 0 Å². The Morgan fingerprint density at radius 1 is 1.16 bits per heavy atom. The van der Waals surface area contributed by atoms with Gasteiger partial charge in [0.05, 0.1) is 0 Å². The zero-order valence-electron chi connectivity index (χ0n) is 11.2. The summed E-state index contributed by atoms with van der Waals surface area (Å²) in [6, 6.07) is 5.93. The zero-order valence-corrected chi connectivity index (χ0v) is 11.2. The third-order valence-corrected chi connectivity index (χ3v) is 5.23. The highest BCUT2D eigenvalue weighted by Gasteiger charge is 2.55. The van der Waals surface area contributed by atoms with Crippen LogP contribution in [0.4, 0.5) is 0 Å². The van der Waals surface area contributed by atoms with Crippen LogP contribution < -0.4 is 5.73 Å². The molecule has 0 aromatic carbocycles. The molecule has 4 aliphatic rings. The van der Waals surface area contributed by atoms with Crippen LogP contribution in [0.15, 0.2) is 24.4 Å². The normalized spacial score (nSPS) is 42.8. The van der Waals surface area contributed by atoms with Crippen molar-refractivity contribution in [1.82, 2.24) is 4.98 Å². The van der Waals surface area contributed by atoms with Crippen molar-refractivity contribution >= 4 is 0 Å². The Hall–Kier alpha value is -1.33. The molecule has 0 radical (unpaired) electrons. The SMILES string of the molecule is NC12CC3CC(C1)CC(C#Cc1ccccn1)(C3)C2. The van der Waals surface area contributed by atoms with Crippen molar-refractivity contribution in [1.29, 1.82) is 0 Å². The highest BCUT2D eigenvalue weighted by molar-refractivity contribution is 5.32. The smallest absolute Gasteiger partial charge is 0.113 e. The summed E-state index contributed by atoms with van der Waals surface area (Å²) in [5.74, 6) is 8.53. The van der Waals surface area contributed by atoms with Crippen molar-refractivity contribution in [2.75, 3.05) is 0 Å². The zero-order chi connectivity index (χ0) is 12.9. The predicted octanol–water partition coefficient (Wildman–Crippen LogP) is 2.73. The van der Waals surface area contributed by atoms with Crippen molar-refractivity contribution in [3.05, 3.63) is 30.1 Å². The fourth-order valence-corrected chi connectivity index (χ4v) is 5.11. The summed E-state index contributed by atoms with van der Waals surface area (Å²) in [7, 11) is 0. The van der Waals surface area contributed by atoms with Gasteiger partial charge in [0.15, 0.2) is 0 Å². The van der Waals surface area contributed by atoms with Crippen LogP contribution in [0, 0.1) is 29.1 Å². The van der Waals surface area contributed by atoms with E-state index in [2.05, 4.69) is 16.8 Å². The van der Waals surface area contributed by atoms with Gasteiger partial charge in [-0.2, -0.15) is 0 Å². The van der Waals surface area contributed by atoms with Crippen molar-refractivity contribution < 1.29 is 0 Å². The molecular weight excluding hydrogens is 232 g/mol. The summed E-state index contributed by atoms with van der Waals surface area (Å²) in [5, 5.41) is 0. The number of rotatable bonds is 0. The third-order valence-electron chi connectivity index (χ3n) is 5.23. The fourth-order valence-electron chi connectivity index (χ4n) is 5.11. The fraction of sp³-hybridized carbons (Fsp3) is 0.588. The van der Waals surface area contributed by atoms with Gasteiger partial charge in [-0.15, -0.1) is 0 Å². The summed E-state index contributed by atoms with van der Waals surface area (Å²) in [4.78, 5) is 4.31. The van der Waals surface area contributed by atoms with Crippen LogP contribution in [-0.2, 0) is 0 Å². The average Bonchev–Trinajstić information content (AvgIpc) is 2.35. The van der Waals surface area contributed by atoms with Gasteiger partial charge in [0, 0.05) is 17.2 Å². The van der Waals surface area contributed by atoms with Crippen LogP contribution in [0.25, 0.3) is 0 Å². The molecule has 19 heavy (non-hydrogen) atoms. The van der Waals surface area contributed by atoms with E-state index in [9.17, 15) is 0 Å². The minimum atomic E-state index is 0.0862. The second-order valence-corrected chi connectivity index (χ2v) is 7.07. The Labute approximate surface area is 114 Å². The van der Waals surface area contributed by atoms with E-state index in [0.29, 0.717) is 0 Å². The number of pyridine rings is 1. The molecule has 2 atom stereocenters. The van der Waals surface area contributed by atoms with Crippen LogP contribution in [0.2, 0.25) is 0 Å². The Bertz CT molecular complexity index is 538. The first-order valence-electron chi connectivity index (χ1n) is 7.38. The Morgan fingerprint density at radius 3 is 2.58 bits per heavy atom. The van der Waals surface area contributed by atoms with Crippen molar-refractivity contribution in [3.63, 3.8) is 0 Å². The molecule has 0 aliphatic heterocycles. The Kier molecular flexibility index (Phi) is 2.32. The Balaban J connectivity index is 1.66. The van der Waals surface area contributed by atoms with Gasteiger partial charge >= 0.3 is 0 Å². The Morgan fingerprint density at radius 2 is 1.95 bits per heavy atom.